The first-order chi connectivity index (χ1) is 13.2. The summed E-state index contributed by atoms with van der Waals surface area (Å²) in [6.07, 6.45) is 0.651. The summed E-state index contributed by atoms with van der Waals surface area (Å²) in [5, 5.41) is 12.6. The number of hydrogen-bond acceptors (Lipinski definition) is 3. The van der Waals surface area contributed by atoms with Crippen molar-refractivity contribution in [2.75, 3.05) is 5.32 Å². The SMILES string of the molecule is Cc1c(O)cccc1NC(=O)c1ccc(Cc2c(C)c(C)c(C)c(C)c2C)o1. The molecule has 1 heterocycles. The topological polar surface area (TPSA) is 62.5 Å². The van der Waals surface area contributed by atoms with Gasteiger partial charge in [-0.15, -0.1) is 0 Å². The van der Waals surface area contributed by atoms with Crippen LogP contribution in [0.25, 0.3) is 0 Å². The van der Waals surface area contributed by atoms with E-state index < -0.39 is 0 Å². The lowest BCUT2D eigenvalue weighted by molar-refractivity contribution is 0.0995. The van der Waals surface area contributed by atoms with Gasteiger partial charge in [-0.05, 0) is 99.2 Å². The third kappa shape index (κ3) is 3.55. The lowest BCUT2D eigenvalue weighted by Gasteiger charge is -2.18. The molecular formula is C24H27NO3. The maximum atomic E-state index is 12.5. The lowest BCUT2D eigenvalue weighted by atomic mass is 9.88. The molecule has 0 radical (unpaired) electrons. The molecule has 0 aliphatic heterocycles. The molecule has 2 aromatic carbocycles. The number of hydrogen-bond donors (Lipinski definition) is 2. The van der Waals surface area contributed by atoms with Crippen LogP contribution in [0.5, 0.6) is 5.75 Å². The highest BCUT2D eigenvalue weighted by Crippen LogP contribution is 2.29. The van der Waals surface area contributed by atoms with Gasteiger partial charge in [0, 0.05) is 17.7 Å². The zero-order valence-electron chi connectivity index (χ0n) is 17.4. The second-order valence-corrected chi connectivity index (χ2v) is 7.45. The third-order valence-corrected chi connectivity index (χ3v) is 5.95. The molecule has 4 heteroatoms. The van der Waals surface area contributed by atoms with E-state index in [1.807, 2.05) is 6.07 Å². The molecule has 0 unspecified atom stereocenters. The molecule has 0 atom stereocenters. The standard InChI is InChI=1S/C24H27NO3/c1-13-14(2)16(4)20(17(5)15(13)3)12-19-10-11-23(28-19)24(27)25-21-8-7-9-22(26)18(21)6/h7-11,26H,12H2,1-6H3,(H,25,27). The van der Waals surface area contributed by atoms with Gasteiger partial charge in [-0.25, -0.2) is 0 Å². The fourth-order valence-corrected chi connectivity index (χ4v) is 3.55. The number of phenols is 1. The number of anilines is 1. The predicted octanol–water partition coefficient (Wildman–Crippen LogP) is 5.68. The Morgan fingerprint density at radius 1 is 0.857 bits per heavy atom. The van der Waals surface area contributed by atoms with Gasteiger partial charge >= 0.3 is 0 Å². The van der Waals surface area contributed by atoms with Gasteiger partial charge in [-0.1, -0.05) is 6.07 Å². The van der Waals surface area contributed by atoms with E-state index >= 15 is 0 Å². The van der Waals surface area contributed by atoms with Gasteiger partial charge in [0.15, 0.2) is 5.76 Å². The number of carbonyl (C=O) groups excluding carboxylic acids is 1. The van der Waals surface area contributed by atoms with E-state index in [0.717, 1.165) is 5.76 Å². The monoisotopic (exact) mass is 377 g/mol. The summed E-state index contributed by atoms with van der Waals surface area (Å²) in [6, 6.07) is 8.59. The van der Waals surface area contributed by atoms with Crippen LogP contribution in [0.15, 0.2) is 34.7 Å². The van der Waals surface area contributed by atoms with E-state index in [-0.39, 0.29) is 17.4 Å². The summed E-state index contributed by atoms with van der Waals surface area (Å²) >= 11 is 0. The quantitative estimate of drug-likeness (QED) is 0.615. The van der Waals surface area contributed by atoms with Crippen molar-refractivity contribution in [3.8, 4) is 5.75 Å². The van der Waals surface area contributed by atoms with Gasteiger partial charge in [0.25, 0.3) is 5.91 Å². The van der Waals surface area contributed by atoms with E-state index in [1.54, 1.807) is 31.2 Å². The van der Waals surface area contributed by atoms with Crippen molar-refractivity contribution in [3.63, 3.8) is 0 Å². The molecule has 0 fully saturated rings. The van der Waals surface area contributed by atoms with Crippen molar-refractivity contribution in [1.82, 2.24) is 0 Å². The van der Waals surface area contributed by atoms with Crippen LogP contribution in [-0.2, 0) is 6.42 Å². The summed E-state index contributed by atoms with van der Waals surface area (Å²) in [6.45, 7) is 12.5. The maximum Gasteiger partial charge on any atom is 0.291 e. The number of phenolic OH excluding ortho intramolecular Hbond substituents is 1. The molecule has 3 rings (SSSR count). The highest BCUT2D eigenvalue weighted by molar-refractivity contribution is 6.02. The first-order valence-electron chi connectivity index (χ1n) is 9.45. The Bertz CT molecular complexity index is 1030. The van der Waals surface area contributed by atoms with Crippen LogP contribution < -0.4 is 5.32 Å². The average molecular weight is 377 g/mol. The molecule has 0 spiro atoms. The molecule has 1 amide bonds. The first kappa shape index (κ1) is 19.7. The number of nitrogens with one attached hydrogen (secondary N) is 1. The van der Waals surface area contributed by atoms with Gasteiger partial charge in [-0.3, -0.25) is 4.79 Å². The molecule has 0 saturated carbocycles. The van der Waals surface area contributed by atoms with Crippen molar-refractivity contribution in [2.45, 2.75) is 48.0 Å². The van der Waals surface area contributed by atoms with E-state index in [4.69, 9.17) is 4.42 Å². The molecule has 0 aliphatic carbocycles. The number of amides is 1. The van der Waals surface area contributed by atoms with E-state index in [1.165, 1.54) is 33.4 Å². The molecule has 0 aliphatic rings. The highest BCUT2D eigenvalue weighted by Gasteiger charge is 2.17. The Balaban J connectivity index is 1.84. The van der Waals surface area contributed by atoms with Crippen LogP contribution in [-0.4, -0.2) is 11.0 Å². The molecule has 0 bridgehead atoms. The lowest BCUT2D eigenvalue weighted by Crippen LogP contribution is -2.11. The molecule has 2 N–H and O–H groups in total. The van der Waals surface area contributed by atoms with Gasteiger partial charge < -0.3 is 14.8 Å². The summed E-state index contributed by atoms with van der Waals surface area (Å²) in [5.41, 5.74) is 8.95. The van der Waals surface area contributed by atoms with Gasteiger partial charge in [0.05, 0.1) is 0 Å². The average Bonchev–Trinajstić information content (AvgIpc) is 3.14. The summed E-state index contributed by atoms with van der Waals surface area (Å²) in [5.74, 6) is 0.832. The normalized spacial score (nSPS) is 10.9. The molecular weight excluding hydrogens is 350 g/mol. The van der Waals surface area contributed by atoms with Crippen LogP contribution in [0, 0.1) is 41.5 Å². The first-order valence-corrected chi connectivity index (χ1v) is 9.45. The number of furan rings is 1. The minimum Gasteiger partial charge on any atom is -0.508 e. The van der Waals surface area contributed by atoms with Crippen LogP contribution in [0.1, 0.15) is 55.3 Å². The third-order valence-electron chi connectivity index (χ3n) is 5.95. The zero-order chi connectivity index (χ0) is 20.6. The molecule has 3 aromatic rings. The number of aromatic hydroxyl groups is 1. The summed E-state index contributed by atoms with van der Waals surface area (Å²) in [7, 11) is 0. The second kappa shape index (κ2) is 7.55. The molecule has 1 aromatic heterocycles. The Hall–Kier alpha value is -3.01. The van der Waals surface area contributed by atoms with Gasteiger partial charge in [0.2, 0.25) is 0 Å². The van der Waals surface area contributed by atoms with E-state index in [9.17, 15) is 9.90 Å². The summed E-state index contributed by atoms with van der Waals surface area (Å²) < 4.78 is 5.84. The van der Waals surface area contributed by atoms with Crippen molar-refractivity contribution in [1.29, 1.82) is 0 Å². The second-order valence-electron chi connectivity index (χ2n) is 7.45. The number of carbonyl (C=O) groups is 1. The van der Waals surface area contributed by atoms with Crippen molar-refractivity contribution in [2.24, 2.45) is 0 Å². The van der Waals surface area contributed by atoms with Gasteiger partial charge in [0.1, 0.15) is 11.5 Å². The fraction of sp³-hybridized carbons (Fsp3) is 0.292. The van der Waals surface area contributed by atoms with Crippen LogP contribution >= 0.6 is 0 Å². The summed E-state index contributed by atoms with van der Waals surface area (Å²) in [4.78, 5) is 12.5. The minimum absolute atomic E-state index is 0.147. The Labute approximate surface area is 166 Å². The van der Waals surface area contributed by atoms with Crippen LogP contribution in [0.2, 0.25) is 0 Å². The van der Waals surface area contributed by atoms with E-state index in [0.29, 0.717) is 17.7 Å². The maximum absolute atomic E-state index is 12.5. The number of benzene rings is 2. The Morgan fingerprint density at radius 2 is 1.46 bits per heavy atom. The highest BCUT2D eigenvalue weighted by atomic mass is 16.3. The van der Waals surface area contributed by atoms with Crippen molar-refractivity contribution in [3.05, 3.63) is 80.8 Å². The van der Waals surface area contributed by atoms with Crippen LogP contribution in [0.4, 0.5) is 5.69 Å². The molecule has 28 heavy (non-hydrogen) atoms. The predicted molar refractivity (Wildman–Crippen MR) is 112 cm³/mol. The fourth-order valence-electron chi connectivity index (χ4n) is 3.55. The molecule has 146 valence electrons. The Morgan fingerprint density at radius 3 is 2.11 bits per heavy atom. The smallest absolute Gasteiger partial charge is 0.291 e. The minimum atomic E-state index is -0.329. The van der Waals surface area contributed by atoms with Crippen molar-refractivity contribution >= 4 is 11.6 Å². The molecule has 0 saturated heterocycles. The zero-order valence-corrected chi connectivity index (χ0v) is 17.4. The van der Waals surface area contributed by atoms with E-state index in [2.05, 4.69) is 39.9 Å². The molecule has 4 nitrogen and oxygen atoms in total. The number of rotatable bonds is 4. The Kier molecular flexibility index (Phi) is 5.32. The van der Waals surface area contributed by atoms with Gasteiger partial charge in [-0.2, -0.15) is 0 Å². The largest absolute Gasteiger partial charge is 0.508 e. The van der Waals surface area contributed by atoms with Crippen LogP contribution in [0.3, 0.4) is 0 Å². The van der Waals surface area contributed by atoms with Crippen molar-refractivity contribution < 1.29 is 14.3 Å².